The van der Waals surface area contributed by atoms with Gasteiger partial charge in [-0.25, -0.2) is 4.39 Å². The molecule has 2 aromatic carbocycles. The molecule has 0 aliphatic carbocycles. The molecule has 174 valence electrons. The Morgan fingerprint density at radius 3 is 2.70 bits per heavy atom. The second-order valence-corrected chi connectivity index (χ2v) is 9.08. The number of halogens is 1. The molecule has 7 nitrogen and oxygen atoms in total. The summed E-state index contributed by atoms with van der Waals surface area (Å²) in [5.74, 6) is -0.508. The summed E-state index contributed by atoms with van der Waals surface area (Å²) in [4.78, 5) is 41.3. The van der Waals surface area contributed by atoms with Crippen molar-refractivity contribution in [2.24, 2.45) is 0 Å². The molecule has 33 heavy (non-hydrogen) atoms. The summed E-state index contributed by atoms with van der Waals surface area (Å²) in [5.41, 5.74) is 1.21. The fraction of sp³-hybridized carbons (Fsp3) is 0.375. The van der Waals surface area contributed by atoms with Crippen molar-refractivity contribution in [2.45, 2.75) is 42.3 Å². The quantitative estimate of drug-likeness (QED) is 0.632. The Hall–Kier alpha value is -3.07. The molecule has 9 heteroatoms. The first-order chi connectivity index (χ1) is 15.9. The molecule has 0 unspecified atom stereocenters. The van der Waals surface area contributed by atoms with E-state index in [0.29, 0.717) is 37.1 Å². The lowest BCUT2D eigenvalue weighted by molar-refractivity contribution is -0.151. The molecule has 2 aliphatic heterocycles. The van der Waals surface area contributed by atoms with Gasteiger partial charge in [0.05, 0.1) is 12.7 Å². The molecule has 0 radical (unpaired) electrons. The summed E-state index contributed by atoms with van der Waals surface area (Å²) in [7, 11) is 1.52. The Kier molecular flexibility index (Phi) is 6.88. The zero-order valence-electron chi connectivity index (χ0n) is 18.5. The Bertz CT molecular complexity index is 1060. The van der Waals surface area contributed by atoms with E-state index in [9.17, 15) is 18.8 Å². The smallest absolute Gasteiger partial charge is 0.255 e. The van der Waals surface area contributed by atoms with Gasteiger partial charge in [-0.2, -0.15) is 0 Å². The van der Waals surface area contributed by atoms with Gasteiger partial charge < -0.3 is 20.3 Å². The van der Waals surface area contributed by atoms with Crippen molar-refractivity contribution in [1.29, 1.82) is 0 Å². The van der Waals surface area contributed by atoms with Crippen molar-refractivity contribution in [3.05, 3.63) is 59.4 Å². The molecule has 2 saturated heterocycles. The van der Waals surface area contributed by atoms with Crippen LogP contribution in [0.3, 0.4) is 0 Å². The normalized spacial score (nSPS) is 22.4. The van der Waals surface area contributed by atoms with Crippen LogP contribution in [0.1, 0.15) is 28.8 Å². The maximum atomic E-state index is 13.2. The van der Waals surface area contributed by atoms with Crippen LogP contribution in [0, 0.1) is 5.82 Å². The Morgan fingerprint density at radius 2 is 2.00 bits per heavy atom. The molecule has 0 saturated carbocycles. The molecule has 4 rings (SSSR count). The predicted molar refractivity (Wildman–Crippen MR) is 123 cm³/mol. The van der Waals surface area contributed by atoms with Crippen molar-refractivity contribution in [2.75, 3.05) is 19.9 Å². The zero-order valence-corrected chi connectivity index (χ0v) is 19.3. The third kappa shape index (κ3) is 4.98. The van der Waals surface area contributed by atoms with Crippen molar-refractivity contribution in [1.82, 2.24) is 15.5 Å². The molecule has 3 amide bonds. The minimum absolute atomic E-state index is 0.150. The fourth-order valence-electron chi connectivity index (χ4n) is 4.38. The summed E-state index contributed by atoms with van der Waals surface area (Å²) in [5, 5.41) is 5.80. The molecule has 2 fully saturated rings. The number of nitrogens with zero attached hydrogens (tertiary/aromatic N) is 1. The van der Waals surface area contributed by atoms with Crippen LogP contribution in [0.15, 0.2) is 47.4 Å². The molecule has 0 aromatic heterocycles. The number of hydrogen-bond donors (Lipinski definition) is 2. The number of carbonyl (C=O) groups is 3. The van der Waals surface area contributed by atoms with Crippen LogP contribution >= 0.6 is 11.8 Å². The maximum Gasteiger partial charge on any atom is 0.255 e. The van der Waals surface area contributed by atoms with Gasteiger partial charge in [-0.15, -0.1) is 11.8 Å². The monoisotopic (exact) mass is 471 g/mol. The molecule has 0 bridgehead atoms. The number of benzene rings is 2. The predicted octanol–water partition coefficient (Wildman–Crippen LogP) is 2.39. The molecule has 2 aromatic rings. The fourth-order valence-corrected chi connectivity index (χ4v) is 4.81. The van der Waals surface area contributed by atoms with Crippen LogP contribution < -0.4 is 15.4 Å². The van der Waals surface area contributed by atoms with Crippen molar-refractivity contribution in [3.8, 4) is 5.75 Å². The van der Waals surface area contributed by atoms with Crippen LogP contribution in [-0.2, 0) is 16.0 Å². The van der Waals surface area contributed by atoms with E-state index in [0.717, 1.165) is 10.5 Å². The lowest BCUT2D eigenvalue weighted by atomic mass is 9.91. The first kappa shape index (κ1) is 23.1. The second-order valence-electron chi connectivity index (χ2n) is 8.20. The van der Waals surface area contributed by atoms with E-state index < -0.39 is 12.1 Å². The van der Waals surface area contributed by atoms with Crippen LogP contribution in [0.5, 0.6) is 5.75 Å². The lowest BCUT2D eigenvalue weighted by Crippen LogP contribution is -2.67. The minimum Gasteiger partial charge on any atom is -0.496 e. The topological polar surface area (TPSA) is 87.7 Å². The zero-order chi connectivity index (χ0) is 23.5. The van der Waals surface area contributed by atoms with Gasteiger partial charge in [0.2, 0.25) is 11.8 Å². The van der Waals surface area contributed by atoms with Gasteiger partial charge in [0.1, 0.15) is 23.7 Å². The van der Waals surface area contributed by atoms with Gasteiger partial charge >= 0.3 is 0 Å². The van der Waals surface area contributed by atoms with Crippen molar-refractivity contribution >= 4 is 29.5 Å². The molecular formula is C24H26FN3O4S. The molecule has 3 atom stereocenters. The highest BCUT2D eigenvalue weighted by Gasteiger charge is 2.44. The van der Waals surface area contributed by atoms with Crippen molar-refractivity contribution < 1.29 is 23.5 Å². The Labute approximate surface area is 196 Å². The number of piperazine rings is 1. The number of rotatable bonds is 6. The number of methoxy groups -OCH3 is 1. The third-order valence-electron chi connectivity index (χ3n) is 6.14. The largest absolute Gasteiger partial charge is 0.496 e. The summed E-state index contributed by atoms with van der Waals surface area (Å²) < 4.78 is 18.5. The van der Waals surface area contributed by atoms with Gasteiger partial charge in [0.25, 0.3) is 5.91 Å². The summed E-state index contributed by atoms with van der Waals surface area (Å²) in [6.45, 7) is 0.379. The number of carbonyl (C=O) groups excluding carboxylic acids is 3. The van der Waals surface area contributed by atoms with Gasteiger partial charge in [-0.3, -0.25) is 14.4 Å². The Balaban J connectivity index is 1.40. The first-order valence-electron chi connectivity index (χ1n) is 10.8. The van der Waals surface area contributed by atoms with Crippen LogP contribution in [0.2, 0.25) is 0 Å². The highest BCUT2D eigenvalue weighted by Crippen LogP contribution is 2.27. The number of hydrogen-bond acceptors (Lipinski definition) is 5. The number of amides is 3. The van der Waals surface area contributed by atoms with Gasteiger partial charge in [0.15, 0.2) is 0 Å². The highest BCUT2D eigenvalue weighted by molar-refractivity contribution is 7.98. The SMILES string of the molecule is COc1cc(SC)ccc1C(=O)N[C@@H]1CCN2C(=O)[C@H](Cc3ccc(F)cc3)NC(=O)[C@@H]2C1. The molecule has 0 spiro atoms. The average Bonchev–Trinajstić information content (AvgIpc) is 2.83. The summed E-state index contributed by atoms with van der Waals surface area (Å²) in [6, 6.07) is 9.77. The Morgan fingerprint density at radius 1 is 1.24 bits per heavy atom. The standard InChI is InChI=1S/C24H26FN3O4S/c1-32-21-13-17(33-2)7-8-18(21)22(29)26-16-9-10-28-20(12-16)23(30)27-19(24(28)31)11-14-3-5-15(25)6-4-14/h3-8,13,16,19-20H,9-12H2,1-2H3,(H,26,29)(H,27,30)/t16-,19+,20+/m1/s1. The molecular weight excluding hydrogens is 445 g/mol. The minimum atomic E-state index is -0.676. The highest BCUT2D eigenvalue weighted by atomic mass is 32.2. The van der Waals surface area contributed by atoms with E-state index in [2.05, 4.69) is 10.6 Å². The van der Waals surface area contributed by atoms with E-state index >= 15 is 0 Å². The van der Waals surface area contributed by atoms with Crippen LogP contribution in [-0.4, -0.2) is 60.7 Å². The number of fused-ring (bicyclic) bond motifs is 1. The first-order valence-corrected chi connectivity index (χ1v) is 12.0. The van der Waals surface area contributed by atoms with E-state index in [1.165, 1.54) is 19.2 Å². The summed E-state index contributed by atoms with van der Waals surface area (Å²) in [6.07, 6.45) is 3.15. The van der Waals surface area contributed by atoms with E-state index in [-0.39, 0.29) is 29.6 Å². The van der Waals surface area contributed by atoms with E-state index in [4.69, 9.17) is 4.74 Å². The third-order valence-corrected chi connectivity index (χ3v) is 6.87. The summed E-state index contributed by atoms with van der Waals surface area (Å²) >= 11 is 1.56. The van der Waals surface area contributed by atoms with Crippen LogP contribution in [0.4, 0.5) is 4.39 Å². The number of ether oxygens (including phenoxy) is 1. The average molecular weight is 472 g/mol. The number of piperidine rings is 1. The van der Waals surface area contributed by atoms with Crippen molar-refractivity contribution in [3.63, 3.8) is 0 Å². The number of thioether (sulfide) groups is 1. The van der Waals surface area contributed by atoms with E-state index in [1.807, 2.05) is 18.4 Å². The molecule has 2 N–H and O–H groups in total. The van der Waals surface area contributed by atoms with Crippen LogP contribution in [0.25, 0.3) is 0 Å². The molecule has 2 aliphatic rings. The number of nitrogens with one attached hydrogen (secondary N) is 2. The van der Waals surface area contributed by atoms with Gasteiger partial charge in [0, 0.05) is 23.9 Å². The maximum absolute atomic E-state index is 13.2. The second kappa shape index (κ2) is 9.82. The molecule has 2 heterocycles. The van der Waals surface area contributed by atoms with E-state index in [1.54, 1.807) is 34.9 Å². The van der Waals surface area contributed by atoms with Gasteiger partial charge in [-0.05, 0) is 55.0 Å². The van der Waals surface area contributed by atoms with Gasteiger partial charge in [-0.1, -0.05) is 12.1 Å². The lowest BCUT2D eigenvalue weighted by Gasteiger charge is -2.44.